The van der Waals surface area contributed by atoms with Crippen molar-refractivity contribution in [2.75, 3.05) is 37.0 Å². The molecule has 0 spiro atoms. The van der Waals surface area contributed by atoms with Crippen LogP contribution in [0.3, 0.4) is 0 Å². The molecule has 2 rings (SSSR count). The van der Waals surface area contributed by atoms with E-state index in [1.54, 1.807) is 7.11 Å². The molecule has 1 fully saturated rings. The van der Waals surface area contributed by atoms with Crippen LogP contribution >= 0.6 is 0 Å². The second-order valence-corrected chi connectivity index (χ2v) is 5.31. The molecule has 20 heavy (non-hydrogen) atoms. The Morgan fingerprint density at radius 3 is 2.75 bits per heavy atom. The molecule has 0 aliphatic carbocycles. The van der Waals surface area contributed by atoms with Crippen molar-refractivity contribution in [2.45, 2.75) is 46.1 Å². The number of hydrogen-bond donors (Lipinski definition) is 1. The van der Waals surface area contributed by atoms with Gasteiger partial charge in [0.2, 0.25) is 0 Å². The first kappa shape index (κ1) is 15.0. The van der Waals surface area contributed by atoms with E-state index in [1.807, 2.05) is 0 Å². The number of methoxy groups -OCH3 is 1. The van der Waals surface area contributed by atoms with Gasteiger partial charge >= 0.3 is 0 Å². The third-order valence-corrected chi connectivity index (χ3v) is 3.80. The summed E-state index contributed by atoms with van der Waals surface area (Å²) in [5.41, 5.74) is 1.15. The van der Waals surface area contributed by atoms with E-state index in [4.69, 9.17) is 9.72 Å². The third-order valence-electron chi connectivity index (χ3n) is 3.80. The molecule has 0 bridgehead atoms. The van der Waals surface area contributed by atoms with Crippen LogP contribution in [0, 0.1) is 6.92 Å². The van der Waals surface area contributed by atoms with Crippen LogP contribution in [0.25, 0.3) is 0 Å². The van der Waals surface area contributed by atoms with Crippen LogP contribution < -0.4 is 10.2 Å². The lowest BCUT2D eigenvalue weighted by Crippen LogP contribution is -2.25. The van der Waals surface area contributed by atoms with Crippen LogP contribution in [-0.4, -0.2) is 42.8 Å². The van der Waals surface area contributed by atoms with Gasteiger partial charge in [0.05, 0.1) is 6.10 Å². The van der Waals surface area contributed by atoms with Crippen molar-refractivity contribution in [1.82, 2.24) is 9.97 Å². The molecule has 5 heteroatoms. The van der Waals surface area contributed by atoms with E-state index in [1.165, 1.54) is 0 Å². The molecule has 1 atom stereocenters. The summed E-state index contributed by atoms with van der Waals surface area (Å²) in [4.78, 5) is 11.7. The van der Waals surface area contributed by atoms with Crippen LogP contribution in [0.4, 0.5) is 11.6 Å². The zero-order valence-corrected chi connectivity index (χ0v) is 13.1. The lowest BCUT2D eigenvalue weighted by Gasteiger charge is -2.22. The van der Waals surface area contributed by atoms with Gasteiger partial charge in [-0.15, -0.1) is 0 Å². The maximum Gasteiger partial charge on any atom is 0.137 e. The number of aryl methyl sites for hydroxylation is 1. The summed E-state index contributed by atoms with van der Waals surface area (Å²) >= 11 is 0. The quantitative estimate of drug-likeness (QED) is 0.866. The van der Waals surface area contributed by atoms with Crippen molar-refractivity contribution in [1.29, 1.82) is 0 Å². The molecule has 0 saturated carbocycles. The van der Waals surface area contributed by atoms with E-state index >= 15 is 0 Å². The first-order chi connectivity index (χ1) is 9.69. The number of nitrogens with one attached hydrogen (secondary N) is 1. The second-order valence-electron chi connectivity index (χ2n) is 5.31. The summed E-state index contributed by atoms with van der Waals surface area (Å²) in [6.45, 7) is 9.24. The molecule has 0 aromatic carbocycles. The Morgan fingerprint density at radius 2 is 2.15 bits per heavy atom. The van der Waals surface area contributed by atoms with Crippen molar-refractivity contribution in [3.8, 4) is 0 Å². The van der Waals surface area contributed by atoms with Crippen molar-refractivity contribution in [3.63, 3.8) is 0 Å². The van der Waals surface area contributed by atoms with E-state index in [2.05, 4.69) is 36.0 Å². The normalized spacial score (nSPS) is 18.6. The molecule has 1 unspecified atom stereocenters. The highest BCUT2D eigenvalue weighted by Crippen LogP contribution is 2.27. The van der Waals surface area contributed by atoms with E-state index in [9.17, 15) is 0 Å². The van der Waals surface area contributed by atoms with Crippen LogP contribution in [0.2, 0.25) is 0 Å². The molecule has 1 aliphatic heterocycles. The Kier molecular flexibility index (Phi) is 5.17. The molecule has 1 N–H and O–H groups in total. The van der Waals surface area contributed by atoms with Gasteiger partial charge in [-0.05, 0) is 19.8 Å². The standard InChI is InChI=1S/C15H26N4O/c1-5-8-16-14-11(3)15(18-13(6-2)17-14)19-9-7-12(10-19)20-4/h12H,5-10H2,1-4H3,(H,16,17,18). The highest BCUT2D eigenvalue weighted by Gasteiger charge is 2.25. The summed E-state index contributed by atoms with van der Waals surface area (Å²) in [6, 6.07) is 0. The maximum atomic E-state index is 5.45. The Bertz CT molecular complexity index is 450. The van der Waals surface area contributed by atoms with Crippen LogP contribution in [-0.2, 0) is 11.2 Å². The minimum absolute atomic E-state index is 0.321. The molecule has 112 valence electrons. The summed E-state index contributed by atoms with van der Waals surface area (Å²) in [6.07, 6.45) is 3.34. The fourth-order valence-electron chi connectivity index (χ4n) is 2.54. The Morgan fingerprint density at radius 1 is 1.35 bits per heavy atom. The van der Waals surface area contributed by atoms with Crippen molar-refractivity contribution < 1.29 is 4.74 Å². The van der Waals surface area contributed by atoms with Gasteiger partial charge in [-0.3, -0.25) is 0 Å². The number of anilines is 2. The number of ether oxygens (including phenoxy) is 1. The fourth-order valence-corrected chi connectivity index (χ4v) is 2.54. The fraction of sp³-hybridized carbons (Fsp3) is 0.733. The van der Waals surface area contributed by atoms with Gasteiger partial charge in [0.25, 0.3) is 0 Å². The van der Waals surface area contributed by atoms with Crippen LogP contribution in [0.5, 0.6) is 0 Å². The van der Waals surface area contributed by atoms with E-state index in [0.29, 0.717) is 6.10 Å². The minimum Gasteiger partial charge on any atom is -0.380 e. The summed E-state index contributed by atoms with van der Waals surface area (Å²) in [5, 5.41) is 3.42. The molecule has 1 aliphatic rings. The molecular weight excluding hydrogens is 252 g/mol. The summed E-state index contributed by atoms with van der Waals surface area (Å²) in [7, 11) is 1.78. The van der Waals surface area contributed by atoms with Gasteiger partial charge in [0, 0.05) is 38.7 Å². The number of rotatable bonds is 6. The van der Waals surface area contributed by atoms with Gasteiger partial charge in [-0.25, -0.2) is 9.97 Å². The van der Waals surface area contributed by atoms with Gasteiger partial charge in [-0.1, -0.05) is 13.8 Å². The Hall–Kier alpha value is -1.36. The maximum absolute atomic E-state index is 5.45. The van der Waals surface area contributed by atoms with Crippen molar-refractivity contribution in [3.05, 3.63) is 11.4 Å². The molecular formula is C15H26N4O. The second kappa shape index (κ2) is 6.88. The minimum atomic E-state index is 0.321. The number of aromatic nitrogens is 2. The molecule has 5 nitrogen and oxygen atoms in total. The smallest absolute Gasteiger partial charge is 0.137 e. The van der Waals surface area contributed by atoms with Crippen LogP contribution in [0.15, 0.2) is 0 Å². The largest absolute Gasteiger partial charge is 0.380 e. The number of hydrogen-bond acceptors (Lipinski definition) is 5. The molecule has 1 aromatic rings. The summed E-state index contributed by atoms with van der Waals surface area (Å²) in [5.74, 6) is 2.95. The molecule has 0 radical (unpaired) electrons. The van der Waals surface area contributed by atoms with Gasteiger partial charge in [0.1, 0.15) is 17.5 Å². The predicted octanol–water partition coefficient (Wildman–Crippen LogP) is 2.39. The average Bonchev–Trinajstić information content (AvgIpc) is 2.95. The van der Waals surface area contributed by atoms with Crippen molar-refractivity contribution in [2.24, 2.45) is 0 Å². The van der Waals surface area contributed by atoms with Gasteiger partial charge < -0.3 is 15.0 Å². The molecule has 1 aromatic heterocycles. The number of nitrogens with zero attached hydrogens (tertiary/aromatic N) is 3. The lowest BCUT2D eigenvalue weighted by atomic mass is 10.2. The SMILES string of the molecule is CCCNc1nc(CC)nc(N2CCC(OC)C2)c1C. The molecule has 2 heterocycles. The van der Waals surface area contributed by atoms with E-state index in [-0.39, 0.29) is 0 Å². The molecule has 1 saturated heterocycles. The van der Waals surface area contributed by atoms with E-state index < -0.39 is 0 Å². The monoisotopic (exact) mass is 278 g/mol. The first-order valence-corrected chi connectivity index (χ1v) is 7.58. The highest BCUT2D eigenvalue weighted by molar-refractivity contribution is 5.59. The van der Waals surface area contributed by atoms with Crippen molar-refractivity contribution >= 4 is 11.6 Å². The highest BCUT2D eigenvalue weighted by atomic mass is 16.5. The van der Waals surface area contributed by atoms with Crippen LogP contribution in [0.1, 0.15) is 38.1 Å². The van der Waals surface area contributed by atoms with Gasteiger partial charge in [0.15, 0.2) is 0 Å². The Balaban J connectivity index is 2.26. The first-order valence-electron chi connectivity index (χ1n) is 7.58. The molecule has 0 amide bonds. The zero-order valence-electron chi connectivity index (χ0n) is 13.1. The van der Waals surface area contributed by atoms with E-state index in [0.717, 1.165) is 61.9 Å². The Labute approximate surface area is 121 Å². The third kappa shape index (κ3) is 3.20. The predicted molar refractivity (Wildman–Crippen MR) is 82.6 cm³/mol. The lowest BCUT2D eigenvalue weighted by molar-refractivity contribution is 0.121. The zero-order chi connectivity index (χ0) is 14.5. The summed E-state index contributed by atoms with van der Waals surface area (Å²) < 4.78 is 5.45. The van der Waals surface area contributed by atoms with Gasteiger partial charge in [-0.2, -0.15) is 0 Å². The average molecular weight is 278 g/mol. The topological polar surface area (TPSA) is 50.3 Å².